The average Bonchev–Trinajstić information content (AvgIpc) is 2.72. The van der Waals surface area contributed by atoms with E-state index in [0.717, 1.165) is 9.35 Å². The summed E-state index contributed by atoms with van der Waals surface area (Å²) in [7, 11) is 0. The minimum Gasteiger partial charge on any atom is -0.479 e. The molecule has 6 heteroatoms. The fraction of sp³-hybridized carbons (Fsp3) is 0.0833. The molecule has 0 saturated heterocycles. The first-order valence-electron chi connectivity index (χ1n) is 5.05. The topological polar surface area (TPSA) is 49.3 Å². The van der Waals surface area contributed by atoms with Crippen molar-refractivity contribution in [3.8, 4) is 0 Å². The first-order valence-corrected chi connectivity index (χ1v) is 7.10. The molecule has 1 atom stereocenters. The molecule has 0 saturated carbocycles. The number of rotatable bonds is 4. The van der Waals surface area contributed by atoms with Crippen LogP contribution in [0.5, 0.6) is 0 Å². The van der Waals surface area contributed by atoms with E-state index in [9.17, 15) is 9.90 Å². The normalized spacial score (nSPS) is 12.1. The number of thiophene rings is 1. The number of nitrogens with one attached hydrogen (secondary N) is 1. The molecule has 2 aromatic rings. The number of hydrogen-bond donors (Lipinski definition) is 2. The predicted molar refractivity (Wildman–Crippen MR) is 77.5 cm³/mol. The highest BCUT2D eigenvalue weighted by molar-refractivity contribution is 9.10. The lowest BCUT2D eigenvalue weighted by atomic mass is 10.2. The van der Waals surface area contributed by atoms with Crippen LogP contribution in [0.25, 0.3) is 0 Å². The van der Waals surface area contributed by atoms with Gasteiger partial charge in [-0.15, -0.1) is 11.3 Å². The van der Waals surface area contributed by atoms with Crippen LogP contribution >= 0.6 is 38.9 Å². The van der Waals surface area contributed by atoms with Gasteiger partial charge in [0.15, 0.2) is 6.04 Å². The molecule has 1 aromatic heterocycles. The number of aliphatic carboxylic acids is 1. The van der Waals surface area contributed by atoms with Crippen molar-refractivity contribution in [1.29, 1.82) is 0 Å². The minimum absolute atomic E-state index is 0.566. The van der Waals surface area contributed by atoms with Crippen LogP contribution in [0.3, 0.4) is 0 Å². The van der Waals surface area contributed by atoms with Crippen molar-refractivity contribution in [1.82, 2.24) is 0 Å². The number of carboxylic acid groups (broad SMARTS) is 1. The summed E-state index contributed by atoms with van der Waals surface area (Å²) in [5.41, 5.74) is 0.680. The minimum atomic E-state index is -0.927. The van der Waals surface area contributed by atoms with Crippen LogP contribution in [0.15, 0.2) is 40.2 Å². The number of carboxylic acids is 1. The molecule has 1 unspecified atom stereocenters. The van der Waals surface area contributed by atoms with Gasteiger partial charge in [-0.1, -0.05) is 17.7 Å². The molecule has 0 spiro atoms. The lowest BCUT2D eigenvalue weighted by Gasteiger charge is -2.14. The van der Waals surface area contributed by atoms with E-state index < -0.39 is 12.0 Å². The van der Waals surface area contributed by atoms with Gasteiger partial charge in [-0.25, -0.2) is 4.79 Å². The molecule has 18 heavy (non-hydrogen) atoms. The number of carbonyl (C=O) groups is 1. The van der Waals surface area contributed by atoms with E-state index in [4.69, 9.17) is 11.6 Å². The summed E-state index contributed by atoms with van der Waals surface area (Å²) in [6.45, 7) is 0. The van der Waals surface area contributed by atoms with Crippen LogP contribution in [0, 0.1) is 0 Å². The molecule has 2 rings (SSSR count). The van der Waals surface area contributed by atoms with E-state index in [1.807, 2.05) is 5.38 Å². The second-order valence-corrected chi connectivity index (χ2v) is 5.89. The summed E-state index contributed by atoms with van der Waals surface area (Å²) in [6, 6.07) is 8.00. The van der Waals surface area contributed by atoms with E-state index in [-0.39, 0.29) is 0 Å². The highest BCUT2D eigenvalue weighted by atomic mass is 79.9. The number of anilines is 1. The van der Waals surface area contributed by atoms with E-state index in [1.165, 1.54) is 11.3 Å². The van der Waals surface area contributed by atoms with E-state index in [0.29, 0.717) is 10.7 Å². The van der Waals surface area contributed by atoms with Gasteiger partial charge >= 0.3 is 5.97 Å². The molecule has 0 aliphatic rings. The Hall–Kier alpha value is -1.04. The maximum Gasteiger partial charge on any atom is 0.331 e. The summed E-state index contributed by atoms with van der Waals surface area (Å²) in [4.78, 5) is 12.0. The first-order chi connectivity index (χ1) is 8.56. The van der Waals surface area contributed by atoms with Gasteiger partial charge in [0.2, 0.25) is 0 Å². The highest BCUT2D eigenvalue weighted by Gasteiger charge is 2.21. The van der Waals surface area contributed by atoms with Crippen LogP contribution in [-0.2, 0) is 4.79 Å². The molecule has 3 nitrogen and oxygen atoms in total. The van der Waals surface area contributed by atoms with Crippen LogP contribution in [0.1, 0.15) is 10.9 Å². The molecule has 0 bridgehead atoms. The smallest absolute Gasteiger partial charge is 0.331 e. The van der Waals surface area contributed by atoms with Crippen molar-refractivity contribution in [3.05, 3.63) is 50.1 Å². The summed E-state index contributed by atoms with van der Waals surface area (Å²) in [5, 5.41) is 14.6. The third-order valence-electron chi connectivity index (χ3n) is 2.25. The molecule has 94 valence electrons. The SMILES string of the molecule is O=C(O)C(Nc1cccc(Cl)c1)c1cc(Br)cs1. The maximum absolute atomic E-state index is 11.3. The van der Waals surface area contributed by atoms with Crippen LogP contribution in [0.4, 0.5) is 5.69 Å². The van der Waals surface area contributed by atoms with Gasteiger partial charge in [0.05, 0.1) is 0 Å². The molecule has 0 aliphatic carbocycles. The van der Waals surface area contributed by atoms with E-state index in [1.54, 1.807) is 30.3 Å². The van der Waals surface area contributed by atoms with Gasteiger partial charge in [-0.05, 0) is 40.2 Å². The summed E-state index contributed by atoms with van der Waals surface area (Å²) in [6.07, 6.45) is 0. The Bertz CT molecular complexity index is 573. The van der Waals surface area contributed by atoms with E-state index in [2.05, 4.69) is 21.2 Å². The quantitative estimate of drug-likeness (QED) is 0.862. The largest absolute Gasteiger partial charge is 0.479 e. The molecule has 1 heterocycles. The highest BCUT2D eigenvalue weighted by Crippen LogP contribution is 2.29. The van der Waals surface area contributed by atoms with E-state index >= 15 is 0 Å². The molecule has 0 amide bonds. The number of halogens is 2. The van der Waals surface area contributed by atoms with Gasteiger partial charge in [0, 0.05) is 25.4 Å². The molecule has 1 aromatic carbocycles. The molecular formula is C12H9BrClNO2S. The summed E-state index contributed by atoms with van der Waals surface area (Å²) >= 11 is 10.6. The molecule has 0 radical (unpaired) electrons. The Labute approximate surface area is 122 Å². The number of benzene rings is 1. The van der Waals surface area contributed by atoms with Crippen molar-refractivity contribution in [3.63, 3.8) is 0 Å². The monoisotopic (exact) mass is 345 g/mol. The fourth-order valence-corrected chi connectivity index (χ4v) is 3.16. The molecular weight excluding hydrogens is 338 g/mol. The van der Waals surface area contributed by atoms with Crippen LogP contribution in [-0.4, -0.2) is 11.1 Å². The van der Waals surface area contributed by atoms with Gasteiger partial charge in [-0.3, -0.25) is 0 Å². The average molecular weight is 347 g/mol. The van der Waals surface area contributed by atoms with Gasteiger partial charge in [-0.2, -0.15) is 0 Å². The molecule has 0 aliphatic heterocycles. The fourth-order valence-electron chi connectivity index (χ4n) is 1.48. The van der Waals surface area contributed by atoms with Crippen molar-refractivity contribution in [2.75, 3.05) is 5.32 Å². The lowest BCUT2D eigenvalue weighted by molar-refractivity contribution is -0.138. The molecule has 2 N–H and O–H groups in total. The van der Waals surface area contributed by atoms with Crippen molar-refractivity contribution in [2.24, 2.45) is 0 Å². The third kappa shape index (κ3) is 3.25. The Morgan fingerprint density at radius 3 is 2.78 bits per heavy atom. The standard InChI is InChI=1S/C12H9BrClNO2S/c13-7-4-10(18-6-7)11(12(16)17)15-9-3-1-2-8(14)5-9/h1-6,11,15H,(H,16,17). The zero-order valence-corrected chi connectivity index (χ0v) is 12.2. The van der Waals surface area contributed by atoms with Crippen molar-refractivity contribution < 1.29 is 9.90 Å². The van der Waals surface area contributed by atoms with Crippen LogP contribution < -0.4 is 5.32 Å². The summed E-state index contributed by atoms with van der Waals surface area (Å²) < 4.78 is 0.877. The second-order valence-electron chi connectivity index (χ2n) is 3.59. The van der Waals surface area contributed by atoms with Crippen molar-refractivity contribution in [2.45, 2.75) is 6.04 Å². The zero-order chi connectivity index (χ0) is 13.1. The zero-order valence-electron chi connectivity index (χ0n) is 9.06. The Morgan fingerprint density at radius 2 is 2.22 bits per heavy atom. The summed E-state index contributed by atoms with van der Waals surface area (Å²) in [5.74, 6) is -0.927. The van der Waals surface area contributed by atoms with Gasteiger partial charge < -0.3 is 10.4 Å². The van der Waals surface area contributed by atoms with Gasteiger partial charge in [0.25, 0.3) is 0 Å². The Balaban J connectivity index is 2.24. The maximum atomic E-state index is 11.3. The third-order valence-corrected chi connectivity index (χ3v) is 4.25. The van der Waals surface area contributed by atoms with Crippen molar-refractivity contribution >= 4 is 50.5 Å². The lowest BCUT2D eigenvalue weighted by Crippen LogP contribution is -2.19. The second kappa shape index (κ2) is 5.73. The first kappa shape index (κ1) is 13.4. The molecule has 0 fully saturated rings. The Morgan fingerprint density at radius 1 is 1.44 bits per heavy atom. The van der Waals surface area contributed by atoms with Crippen LogP contribution in [0.2, 0.25) is 5.02 Å². The number of hydrogen-bond acceptors (Lipinski definition) is 3. The Kier molecular flexibility index (Phi) is 4.27. The van der Waals surface area contributed by atoms with Gasteiger partial charge in [0.1, 0.15) is 0 Å². The predicted octanol–water partition coefficient (Wildman–Crippen LogP) is 4.40.